The highest BCUT2D eigenvalue weighted by Gasteiger charge is 2.14. The lowest BCUT2D eigenvalue weighted by molar-refractivity contribution is 0.300. The van der Waals surface area contributed by atoms with Gasteiger partial charge in [0.1, 0.15) is 11.5 Å². The number of hydrogen-bond acceptors (Lipinski definition) is 5. The predicted molar refractivity (Wildman–Crippen MR) is 75.5 cm³/mol. The van der Waals surface area contributed by atoms with Crippen LogP contribution in [0.25, 0.3) is 0 Å². The number of rotatable bonds is 7. The van der Waals surface area contributed by atoms with Crippen molar-refractivity contribution in [2.24, 2.45) is 5.73 Å². The molecule has 3 N–H and O–H groups in total. The van der Waals surface area contributed by atoms with Crippen molar-refractivity contribution in [1.29, 1.82) is 0 Å². The zero-order valence-electron chi connectivity index (χ0n) is 11.1. The molecule has 1 rings (SSSR count). The maximum Gasteiger partial charge on any atom is 0.123 e. The molecule has 0 heterocycles. The fourth-order valence-electron chi connectivity index (χ4n) is 1.54. The van der Waals surface area contributed by atoms with Crippen molar-refractivity contribution in [3.05, 3.63) is 23.8 Å². The van der Waals surface area contributed by atoms with Crippen molar-refractivity contribution in [1.82, 2.24) is 0 Å². The van der Waals surface area contributed by atoms with Gasteiger partial charge in [-0.1, -0.05) is 6.92 Å². The van der Waals surface area contributed by atoms with E-state index in [9.17, 15) is 0 Å². The molecule has 0 aliphatic rings. The van der Waals surface area contributed by atoms with Crippen molar-refractivity contribution in [2.75, 3.05) is 26.6 Å². The molecule has 0 aliphatic carbocycles. The van der Waals surface area contributed by atoms with Crippen LogP contribution in [-0.2, 0) is 0 Å². The minimum atomic E-state index is -0.144. The number of methoxy groups -OCH3 is 2. The smallest absolute Gasteiger partial charge is 0.123 e. The molecular weight excluding hydrogens is 250 g/mol. The standard InChI is InChI=1S/C13H21NO3S/c1-9(7-15)18-8-12(14)11-6-10(16-2)4-5-13(11)17-3/h4-6,9,12,15H,7-8,14H2,1-3H3. The summed E-state index contributed by atoms with van der Waals surface area (Å²) in [7, 11) is 3.25. The second kappa shape index (κ2) is 7.51. The van der Waals surface area contributed by atoms with Gasteiger partial charge in [0, 0.05) is 22.6 Å². The summed E-state index contributed by atoms with van der Waals surface area (Å²) in [6, 6.07) is 5.45. The van der Waals surface area contributed by atoms with Crippen LogP contribution in [0.15, 0.2) is 18.2 Å². The van der Waals surface area contributed by atoms with E-state index in [0.717, 1.165) is 22.8 Å². The van der Waals surface area contributed by atoms with Crippen LogP contribution in [-0.4, -0.2) is 36.9 Å². The van der Waals surface area contributed by atoms with Crippen molar-refractivity contribution < 1.29 is 14.6 Å². The molecule has 0 saturated heterocycles. The average molecular weight is 271 g/mol. The summed E-state index contributed by atoms with van der Waals surface area (Å²) in [5.74, 6) is 2.26. The van der Waals surface area contributed by atoms with E-state index in [2.05, 4.69) is 0 Å². The monoisotopic (exact) mass is 271 g/mol. The van der Waals surface area contributed by atoms with E-state index in [0.29, 0.717) is 0 Å². The molecule has 0 aliphatic heterocycles. The molecule has 0 aromatic heterocycles. The van der Waals surface area contributed by atoms with Crippen LogP contribution >= 0.6 is 11.8 Å². The highest BCUT2D eigenvalue weighted by atomic mass is 32.2. The minimum absolute atomic E-state index is 0.144. The SMILES string of the molecule is COc1ccc(OC)c(C(N)CSC(C)CO)c1. The molecule has 4 nitrogen and oxygen atoms in total. The Labute approximate surface area is 112 Å². The summed E-state index contributed by atoms with van der Waals surface area (Å²) in [5, 5.41) is 9.18. The van der Waals surface area contributed by atoms with Crippen LogP contribution in [0.2, 0.25) is 0 Å². The van der Waals surface area contributed by atoms with Gasteiger partial charge in [0.2, 0.25) is 0 Å². The van der Waals surface area contributed by atoms with Crippen molar-refractivity contribution in [3.63, 3.8) is 0 Å². The molecule has 2 unspecified atom stereocenters. The highest BCUT2D eigenvalue weighted by molar-refractivity contribution is 7.99. The van der Waals surface area contributed by atoms with Crippen LogP contribution in [0, 0.1) is 0 Å². The van der Waals surface area contributed by atoms with E-state index in [4.69, 9.17) is 20.3 Å². The van der Waals surface area contributed by atoms with Gasteiger partial charge in [-0.15, -0.1) is 0 Å². The summed E-state index contributed by atoms with van der Waals surface area (Å²) < 4.78 is 10.5. The van der Waals surface area contributed by atoms with E-state index in [1.165, 1.54) is 0 Å². The van der Waals surface area contributed by atoms with Gasteiger partial charge in [0.15, 0.2) is 0 Å². The first-order valence-electron chi connectivity index (χ1n) is 5.82. The lowest BCUT2D eigenvalue weighted by Crippen LogP contribution is -2.16. The topological polar surface area (TPSA) is 64.7 Å². The molecule has 1 aromatic carbocycles. The van der Waals surface area contributed by atoms with Crippen LogP contribution in [0.5, 0.6) is 11.5 Å². The largest absolute Gasteiger partial charge is 0.497 e. The molecule has 0 bridgehead atoms. The van der Waals surface area contributed by atoms with Gasteiger partial charge in [-0.05, 0) is 18.2 Å². The Kier molecular flexibility index (Phi) is 6.32. The lowest BCUT2D eigenvalue weighted by Gasteiger charge is -2.18. The Morgan fingerprint density at radius 1 is 1.33 bits per heavy atom. The molecule has 0 spiro atoms. The fraction of sp³-hybridized carbons (Fsp3) is 0.538. The van der Waals surface area contributed by atoms with Crippen LogP contribution < -0.4 is 15.2 Å². The molecule has 1 aromatic rings. The van der Waals surface area contributed by atoms with Crippen LogP contribution in [0.4, 0.5) is 0 Å². The van der Waals surface area contributed by atoms with Gasteiger partial charge in [-0.3, -0.25) is 0 Å². The Morgan fingerprint density at radius 3 is 2.61 bits per heavy atom. The number of thioether (sulfide) groups is 1. The molecule has 0 fully saturated rings. The normalized spacial score (nSPS) is 14.1. The summed E-state index contributed by atoms with van der Waals surface area (Å²) in [6.07, 6.45) is 0. The Morgan fingerprint density at radius 2 is 2.06 bits per heavy atom. The summed E-state index contributed by atoms with van der Waals surface area (Å²) >= 11 is 1.64. The summed E-state index contributed by atoms with van der Waals surface area (Å²) in [6.45, 7) is 2.13. The number of nitrogens with two attached hydrogens (primary N) is 1. The minimum Gasteiger partial charge on any atom is -0.497 e. The summed E-state index contributed by atoms with van der Waals surface area (Å²) in [4.78, 5) is 0. The highest BCUT2D eigenvalue weighted by Crippen LogP contribution is 2.30. The third-order valence-corrected chi connectivity index (χ3v) is 3.92. The predicted octanol–water partition coefficient (Wildman–Crippen LogP) is 1.82. The number of ether oxygens (including phenoxy) is 2. The van der Waals surface area contributed by atoms with Gasteiger partial charge < -0.3 is 20.3 Å². The van der Waals surface area contributed by atoms with Crippen LogP contribution in [0.1, 0.15) is 18.5 Å². The Hall–Kier alpha value is -0.910. The molecule has 5 heteroatoms. The van der Waals surface area contributed by atoms with Crippen molar-refractivity contribution in [3.8, 4) is 11.5 Å². The van der Waals surface area contributed by atoms with E-state index in [1.807, 2.05) is 25.1 Å². The van der Waals surface area contributed by atoms with E-state index in [1.54, 1.807) is 26.0 Å². The number of aliphatic hydroxyl groups is 1. The number of benzene rings is 1. The zero-order chi connectivity index (χ0) is 13.5. The zero-order valence-corrected chi connectivity index (χ0v) is 11.9. The molecule has 0 radical (unpaired) electrons. The molecule has 2 atom stereocenters. The van der Waals surface area contributed by atoms with Crippen molar-refractivity contribution >= 4 is 11.8 Å². The van der Waals surface area contributed by atoms with Gasteiger partial charge in [0.25, 0.3) is 0 Å². The average Bonchev–Trinajstić information content (AvgIpc) is 2.43. The first-order valence-corrected chi connectivity index (χ1v) is 6.87. The maximum atomic E-state index is 8.99. The first-order chi connectivity index (χ1) is 8.62. The van der Waals surface area contributed by atoms with E-state index in [-0.39, 0.29) is 17.9 Å². The maximum absolute atomic E-state index is 8.99. The molecule has 0 saturated carbocycles. The van der Waals surface area contributed by atoms with Gasteiger partial charge in [0.05, 0.1) is 20.8 Å². The third-order valence-electron chi connectivity index (χ3n) is 2.65. The van der Waals surface area contributed by atoms with Crippen molar-refractivity contribution in [2.45, 2.75) is 18.2 Å². The van der Waals surface area contributed by atoms with Gasteiger partial charge in [-0.2, -0.15) is 11.8 Å². The third kappa shape index (κ3) is 4.08. The Bertz CT molecular complexity index is 373. The van der Waals surface area contributed by atoms with Gasteiger partial charge >= 0.3 is 0 Å². The number of hydrogen-bond donors (Lipinski definition) is 2. The molecule has 18 heavy (non-hydrogen) atoms. The second-order valence-corrected chi connectivity index (χ2v) is 5.51. The van der Waals surface area contributed by atoms with Gasteiger partial charge in [-0.25, -0.2) is 0 Å². The second-order valence-electron chi connectivity index (χ2n) is 4.04. The quantitative estimate of drug-likeness (QED) is 0.792. The fourth-order valence-corrected chi connectivity index (χ4v) is 2.36. The van der Waals surface area contributed by atoms with E-state index < -0.39 is 0 Å². The Balaban J connectivity index is 2.78. The molecular formula is C13H21NO3S. The van der Waals surface area contributed by atoms with Crippen LogP contribution in [0.3, 0.4) is 0 Å². The first kappa shape index (κ1) is 15.1. The molecule has 102 valence electrons. The number of aliphatic hydroxyl groups excluding tert-OH is 1. The lowest BCUT2D eigenvalue weighted by atomic mass is 10.1. The summed E-state index contributed by atoms with van der Waals surface area (Å²) in [5.41, 5.74) is 7.09. The van der Waals surface area contributed by atoms with E-state index >= 15 is 0 Å². The molecule has 0 amide bonds.